The van der Waals surface area contributed by atoms with Crippen LogP contribution in [0.2, 0.25) is 0 Å². The summed E-state index contributed by atoms with van der Waals surface area (Å²) in [5.41, 5.74) is 0. The first kappa shape index (κ1) is 9.16. The first-order chi connectivity index (χ1) is 6.29. The molecule has 13 heavy (non-hydrogen) atoms. The average molecular weight is 183 g/mol. The zero-order valence-corrected chi connectivity index (χ0v) is 8.08. The maximum absolute atomic E-state index is 11.9. The second kappa shape index (κ2) is 3.76. The molecular weight excluding hydrogens is 166 g/mol. The lowest BCUT2D eigenvalue weighted by molar-refractivity contribution is -0.127. The van der Waals surface area contributed by atoms with Gasteiger partial charge in [-0.1, -0.05) is 6.92 Å². The zero-order chi connectivity index (χ0) is 9.26. The van der Waals surface area contributed by atoms with Crippen LogP contribution < -0.4 is 5.32 Å². The van der Waals surface area contributed by atoms with Crippen LogP contribution in [0.15, 0.2) is 0 Å². The molecule has 0 bridgehead atoms. The Kier molecular flexibility index (Phi) is 2.65. The second-order valence-corrected chi connectivity index (χ2v) is 4.20. The fourth-order valence-corrected chi connectivity index (χ4v) is 2.25. The highest BCUT2D eigenvalue weighted by molar-refractivity contribution is 5.84. The standard InChI is InChI=1S/C10H17NO2/c1-7-4-11-5-9(7)10(12)8-2-3-13-6-8/h7-9,11H,2-6H2,1H3. The predicted molar refractivity (Wildman–Crippen MR) is 49.5 cm³/mol. The van der Waals surface area contributed by atoms with Gasteiger partial charge in [0.05, 0.1) is 6.61 Å². The predicted octanol–water partition coefficient (Wildman–Crippen LogP) is 0.447. The topological polar surface area (TPSA) is 38.3 Å². The molecular formula is C10H17NO2. The van der Waals surface area contributed by atoms with Crippen molar-refractivity contribution in [3.63, 3.8) is 0 Å². The number of rotatable bonds is 2. The summed E-state index contributed by atoms with van der Waals surface area (Å²) < 4.78 is 5.23. The Balaban J connectivity index is 1.95. The number of ketones is 1. The van der Waals surface area contributed by atoms with Gasteiger partial charge < -0.3 is 10.1 Å². The van der Waals surface area contributed by atoms with E-state index in [4.69, 9.17) is 4.74 Å². The Morgan fingerprint density at radius 1 is 1.46 bits per heavy atom. The molecule has 0 aromatic rings. The van der Waals surface area contributed by atoms with Crippen molar-refractivity contribution in [2.75, 3.05) is 26.3 Å². The highest BCUT2D eigenvalue weighted by Crippen LogP contribution is 2.24. The van der Waals surface area contributed by atoms with E-state index in [1.807, 2.05) is 0 Å². The van der Waals surface area contributed by atoms with Crippen molar-refractivity contribution >= 4 is 5.78 Å². The van der Waals surface area contributed by atoms with E-state index in [9.17, 15) is 4.79 Å². The molecule has 1 N–H and O–H groups in total. The monoisotopic (exact) mass is 183 g/mol. The number of hydrogen-bond acceptors (Lipinski definition) is 3. The summed E-state index contributed by atoms with van der Waals surface area (Å²) in [6.07, 6.45) is 0.933. The van der Waals surface area contributed by atoms with Crippen LogP contribution in [-0.4, -0.2) is 32.1 Å². The molecule has 2 fully saturated rings. The summed E-state index contributed by atoms with van der Waals surface area (Å²) >= 11 is 0. The van der Waals surface area contributed by atoms with Crippen molar-refractivity contribution in [2.45, 2.75) is 13.3 Å². The van der Waals surface area contributed by atoms with Crippen LogP contribution in [0.5, 0.6) is 0 Å². The average Bonchev–Trinajstić information content (AvgIpc) is 2.72. The Hall–Kier alpha value is -0.410. The van der Waals surface area contributed by atoms with Crippen molar-refractivity contribution in [1.82, 2.24) is 5.32 Å². The van der Waals surface area contributed by atoms with Gasteiger partial charge in [-0.3, -0.25) is 4.79 Å². The van der Waals surface area contributed by atoms with Crippen molar-refractivity contribution in [3.8, 4) is 0 Å². The fraction of sp³-hybridized carbons (Fsp3) is 0.900. The Morgan fingerprint density at radius 3 is 2.85 bits per heavy atom. The van der Waals surface area contributed by atoms with E-state index in [-0.39, 0.29) is 11.8 Å². The normalized spacial score (nSPS) is 39.6. The minimum atomic E-state index is 0.187. The van der Waals surface area contributed by atoms with Gasteiger partial charge in [0.25, 0.3) is 0 Å². The van der Waals surface area contributed by atoms with Gasteiger partial charge in [0.15, 0.2) is 0 Å². The third-order valence-electron chi connectivity index (χ3n) is 3.21. The van der Waals surface area contributed by atoms with Crippen molar-refractivity contribution in [1.29, 1.82) is 0 Å². The van der Waals surface area contributed by atoms with Gasteiger partial charge in [0, 0.05) is 25.0 Å². The molecule has 2 heterocycles. The Labute approximate surface area is 78.8 Å². The molecule has 0 spiro atoms. The van der Waals surface area contributed by atoms with Gasteiger partial charge >= 0.3 is 0 Å². The van der Waals surface area contributed by atoms with Gasteiger partial charge in [-0.15, -0.1) is 0 Å². The SMILES string of the molecule is CC1CNCC1C(=O)C1CCOC1. The van der Waals surface area contributed by atoms with Gasteiger partial charge in [0.2, 0.25) is 0 Å². The molecule has 2 aliphatic rings. The van der Waals surface area contributed by atoms with Crippen molar-refractivity contribution in [3.05, 3.63) is 0 Å². The van der Waals surface area contributed by atoms with E-state index >= 15 is 0 Å². The number of carbonyl (C=O) groups is 1. The first-order valence-electron chi connectivity index (χ1n) is 5.11. The molecule has 0 aromatic carbocycles. The van der Waals surface area contributed by atoms with Crippen LogP contribution in [0.25, 0.3) is 0 Å². The van der Waals surface area contributed by atoms with Crippen LogP contribution in [0.1, 0.15) is 13.3 Å². The van der Waals surface area contributed by atoms with E-state index < -0.39 is 0 Å². The van der Waals surface area contributed by atoms with Gasteiger partial charge in [-0.05, 0) is 18.9 Å². The maximum atomic E-state index is 11.9. The van der Waals surface area contributed by atoms with Gasteiger partial charge in [-0.25, -0.2) is 0 Å². The molecule has 74 valence electrons. The van der Waals surface area contributed by atoms with Crippen molar-refractivity contribution < 1.29 is 9.53 Å². The molecule has 0 aromatic heterocycles. The van der Waals surface area contributed by atoms with E-state index in [0.29, 0.717) is 18.3 Å². The number of ether oxygens (including phenoxy) is 1. The van der Waals surface area contributed by atoms with Crippen molar-refractivity contribution in [2.24, 2.45) is 17.8 Å². The third kappa shape index (κ3) is 1.76. The third-order valence-corrected chi connectivity index (χ3v) is 3.21. The van der Waals surface area contributed by atoms with E-state index in [1.54, 1.807) is 0 Å². The molecule has 2 aliphatic heterocycles. The Bertz CT molecular complexity index is 199. The quantitative estimate of drug-likeness (QED) is 0.675. The lowest BCUT2D eigenvalue weighted by Crippen LogP contribution is -2.28. The Morgan fingerprint density at radius 2 is 2.31 bits per heavy atom. The largest absolute Gasteiger partial charge is 0.381 e. The second-order valence-electron chi connectivity index (χ2n) is 4.20. The summed E-state index contributed by atoms with van der Waals surface area (Å²) in [7, 11) is 0. The van der Waals surface area contributed by atoms with Crippen LogP contribution in [0, 0.1) is 17.8 Å². The van der Waals surface area contributed by atoms with Gasteiger partial charge in [0.1, 0.15) is 5.78 Å². The lowest BCUT2D eigenvalue weighted by Gasteiger charge is -2.16. The van der Waals surface area contributed by atoms with Crippen LogP contribution in [-0.2, 0) is 9.53 Å². The number of Topliss-reactive ketones (excluding diaryl/α,β-unsaturated/α-hetero) is 1. The first-order valence-corrected chi connectivity index (χ1v) is 5.11. The summed E-state index contributed by atoms with van der Waals surface area (Å²) in [6, 6.07) is 0. The van der Waals surface area contributed by atoms with E-state index in [2.05, 4.69) is 12.2 Å². The molecule has 0 saturated carbocycles. The summed E-state index contributed by atoms with van der Waals surface area (Å²) in [6.45, 7) is 5.44. The minimum Gasteiger partial charge on any atom is -0.381 e. The van der Waals surface area contributed by atoms with E-state index in [1.165, 1.54) is 0 Å². The van der Waals surface area contributed by atoms with Crippen LogP contribution >= 0.6 is 0 Å². The van der Waals surface area contributed by atoms with Gasteiger partial charge in [-0.2, -0.15) is 0 Å². The highest BCUT2D eigenvalue weighted by Gasteiger charge is 2.35. The maximum Gasteiger partial charge on any atom is 0.143 e. The molecule has 2 rings (SSSR count). The molecule has 0 radical (unpaired) electrons. The summed E-state index contributed by atoms with van der Waals surface area (Å²) in [5.74, 6) is 1.36. The number of hydrogen-bond donors (Lipinski definition) is 1. The molecule has 0 aliphatic carbocycles. The number of carbonyl (C=O) groups excluding carboxylic acids is 1. The molecule has 0 amide bonds. The molecule has 3 unspecified atom stereocenters. The molecule has 3 heteroatoms. The van der Waals surface area contributed by atoms with Crippen LogP contribution in [0.3, 0.4) is 0 Å². The highest BCUT2D eigenvalue weighted by atomic mass is 16.5. The lowest BCUT2D eigenvalue weighted by atomic mass is 9.86. The summed E-state index contributed by atoms with van der Waals surface area (Å²) in [4.78, 5) is 11.9. The van der Waals surface area contributed by atoms with Crippen LogP contribution in [0.4, 0.5) is 0 Å². The zero-order valence-electron chi connectivity index (χ0n) is 8.08. The number of nitrogens with one attached hydrogen (secondary N) is 1. The fourth-order valence-electron chi connectivity index (χ4n) is 2.25. The molecule has 3 nitrogen and oxygen atoms in total. The van der Waals surface area contributed by atoms with E-state index in [0.717, 1.165) is 26.1 Å². The smallest absolute Gasteiger partial charge is 0.143 e. The summed E-state index contributed by atoms with van der Waals surface area (Å²) in [5, 5.41) is 3.26. The molecule has 2 saturated heterocycles. The minimum absolute atomic E-state index is 0.187. The molecule has 3 atom stereocenters.